The van der Waals surface area contributed by atoms with E-state index in [4.69, 9.17) is 4.74 Å². The van der Waals surface area contributed by atoms with E-state index >= 15 is 0 Å². The predicted octanol–water partition coefficient (Wildman–Crippen LogP) is 1.10. The molecule has 2 unspecified atom stereocenters. The summed E-state index contributed by atoms with van der Waals surface area (Å²) in [6, 6.07) is 8.92. The van der Waals surface area contributed by atoms with Gasteiger partial charge in [-0.05, 0) is 38.7 Å². The second-order valence-electron chi connectivity index (χ2n) is 6.24. The van der Waals surface area contributed by atoms with Gasteiger partial charge in [-0.15, -0.1) is 0 Å². The van der Waals surface area contributed by atoms with Crippen molar-refractivity contribution in [2.75, 3.05) is 58.4 Å². The van der Waals surface area contributed by atoms with Crippen molar-refractivity contribution in [2.24, 2.45) is 0 Å². The van der Waals surface area contributed by atoms with E-state index in [-0.39, 0.29) is 12.1 Å². The van der Waals surface area contributed by atoms with Gasteiger partial charge < -0.3 is 25.0 Å². The van der Waals surface area contributed by atoms with Crippen LogP contribution in [0.4, 0.5) is 5.69 Å². The molecule has 1 saturated heterocycles. The highest BCUT2D eigenvalue weighted by molar-refractivity contribution is 5.48. The maximum atomic E-state index is 9.91. The number of ether oxygens (including phenoxy) is 1. The monoisotopic (exact) mass is 307 g/mol. The van der Waals surface area contributed by atoms with E-state index in [0.717, 1.165) is 26.3 Å². The van der Waals surface area contributed by atoms with Gasteiger partial charge in [-0.1, -0.05) is 12.1 Å². The molecule has 1 heterocycles. The zero-order valence-corrected chi connectivity index (χ0v) is 14.0. The van der Waals surface area contributed by atoms with Gasteiger partial charge in [0.15, 0.2) is 0 Å². The van der Waals surface area contributed by atoms with E-state index in [2.05, 4.69) is 41.4 Å². The molecule has 5 heteroatoms. The van der Waals surface area contributed by atoms with Crippen molar-refractivity contribution in [3.8, 4) is 0 Å². The minimum Gasteiger partial charge on any atom is -0.390 e. The molecule has 5 nitrogen and oxygen atoms in total. The Labute approximate surface area is 133 Å². The third-order valence-corrected chi connectivity index (χ3v) is 4.00. The number of likely N-dealkylation sites (N-methyl/N-ethyl adjacent to an activating group) is 1. The average molecular weight is 307 g/mol. The van der Waals surface area contributed by atoms with Gasteiger partial charge in [0.1, 0.15) is 0 Å². The molecule has 2 N–H and O–H groups in total. The lowest BCUT2D eigenvalue weighted by molar-refractivity contribution is 0.122. The Kier molecular flexibility index (Phi) is 6.64. The van der Waals surface area contributed by atoms with Gasteiger partial charge >= 0.3 is 0 Å². The zero-order chi connectivity index (χ0) is 15.9. The normalized spacial score (nSPS) is 18.5. The van der Waals surface area contributed by atoms with Crippen LogP contribution in [0, 0.1) is 0 Å². The van der Waals surface area contributed by atoms with E-state index in [0.29, 0.717) is 13.1 Å². The summed E-state index contributed by atoms with van der Waals surface area (Å²) < 4.78 is 5.39. The maximum Gasteiger partial charge on any atom is 0.0791 e. The summed E-state index contributed by atoms with van der Waals surface area (Å²) >= 11 is 0. The van der Waals surface area contributed by atoms with E-state index in [9.17, 15) is 5.11 Å². The van der Waals surface area contributed by atoms with Crippen LogP contribution in [0.1, 0.15) is 18.5 Å². The molecule has 0 spiro atoms. The van der Waals surface area contributed by atoms with Crippen LogP contribution >= 0.6 is 0 Å². The highest BCUT2D eigenvalue weighted by Crippen LogP contribution is 2.20. The van der Waals surface area contributed by atoms with Gasteiger partial charge in [0, 0.05) is 37.9 Å². The van der Waals surface area contributed by atoms with Crippen LogP contribution in [-0.2, 0) is 4.74 Å². The number of hydrogen-bond donors (Lipinski definition) is 2. The summed E-state index contributed by atoms with van der Waals surface area (Å²) in [5.41, 5.74) is 2.50. The Morgan fingerprint density at radius 3 is 2.45 bits per heavy atom. The lowest BCUT2D eigenvalue weighted by Gasteiger charge is -2.29. The number of nitrogens with zero attached hydrogens (tertiary/aromatic N) is 2. The standard InChI is InChI=1S/C17H29N3O2/c1-14(18-12-17(21)13-19(2)3)15-4-6-16(7-5-15)20-8-10-22-11-9-20/h4-7,14,17-18,21H,8-13H2,1-3H3. The molecule has 2 atom stereocenters. The molecule has 0 aromatic heterocycles. The lowest BCUT2D eigenvalue weighted by atomic mass is 10.1. The fourth-order valence-electron chi connectivity index (χ4n) is 2.71. The van der Waals surface area contributed by atoms with Gasteiger partial charge in [-0.3, -0.25) is 0 Å². The van der Waals surface area contributed by atoms with Crippen LogP contribution in [0.25, 0.3) is 0 Å². The molecule has 1 aromatic carbocycles. The molecule has 0 aliphatic carbocycles. The highest BCUT2D eigenvalue weighted by Gasteiger charge is 2.13. The first-order valence-corrected chi connectivity index (χ1v) is 8.05. The molecule has 1 aliphatic rings. The smallest absolute Gasteiger partial charge is 0.0791 e. The molecule has 1 aromatic rings. The third-order valence-electron chi connectivity index (χ3n) is 4.00. The van der Waals surface area contributed by atoms with Crippen molar-refractivity contribution < 1.29 is 9.84 Å². The van der Waals surface area contributed by atoms with Gasteiger partial charge in [-0.2, -0.15) is 0 Å². The van der Waals surface area contributed by atoms with Crippen LogP contribution in [0.3, 0.4) is 0 Å². The fraction of sp³-hybridized carbons (Fsp3) is 0.647. The summed E-state index contributed by atoms with van der Waals surface area (Å²) in [6.45, 7) is 6.95. The predicted molar refractivity (Wildman–Crippen MR) is 90.5 cm³/mol. The fourth-order valence-corrected chi connectivity index (χ4v) is 2.71. The van der Waals surface area contributed by atoms with Gasteiger partial charge in [0.05, 0.1) is 19.3 Å². The SMILES string of the molecule is CC(NCC(O)CN(C)C)c1ccc(N2CCOCC2)cc1. The molecule has 0 radical (unpaired) electrons. The molecule has 1 aliphatic heterocycles. The number of hydrogen-bond acceptors (Lipinski definition) is 5. The first kappa shape index (κ1) is 17.2. The Morgan fingerprint density at radius 1 is 1.23 bits per heavy atom. The number of aliphatic hydroxyl groups excluding tert-OH is 1. The summed E-state index contributed by atoms with van der Waals surface area (Å²) in [5, 5.41) is 13.3. The summed E-state index contributed by atoms with van der Waals surface area (Å²) in [6.07, 6.45) is -0.343. The van der Waals surface area contributed by atoms with Crippen molar-refractivity contribution >= 4 is 5.69 Å². The van der Waals surface area contributed by atoms with E-state index in [1.54, 1.807) is 0 Å². The van der Waals surface area contributed by atoms with Gasteiger partial charge in [-0.25, -0.2) is 0 Å². The Balaban J connectivity index is 1.83. The average Bonchev–Trinajstić information content (AvgIpc) is 2.53. The van der Waals surface area contributed by atoms with E-state index in [1.165, 1.54) is 11.3 Å². The van der Waals surface area contributed by atoms with Crippen molar-refractivity contribution in [2.45, 2.75) is 19.1 Å². The van der Waals surface area contributed by atoms with Gasteiger partial charge in [0.2, 0.25) is 0 Å². The molecule has 22 heavy (non-hydrogen) atoms. The first-order chi connectivity index (χ1) is 10.6. The maximum absolute atomic E-state index is 9.91. The first-order valence-electron chi connectivity index (χ1n) is 8.05. The number of morpholine rings is 1. The van der Waals surface area contributed by atoms with Crippen LogP contribution in [0.15, 0.2) is 24.3 Å². The third kappa shape index (κ3) is 5.25. The second-order valence-corrected chi connectivity index (χ2v) is 6.24. The zero-order valence-electron chi connectivity index (χ0n) is 14.0. The number of rotatable bonds is 7. The minimum atomic E-state index is -0.343. The quantitative estimate of drug-likeness (QED) is 0.790. The Bertz CT molecular complexity index is 430. The second kappa shape index (κ2) is 8.48. The van der Waals surface area contributed by atoms with Crippen LogP contribution in [-0.4, -0.2) is 69.6 Å². The Hall–Kier alpha value is -1.14. The largest absolute Gasteiger partial charge is 0.390 e. The van der Waals surface area contributed by atoms with Crippen molar-refractivity contribution in [3.63, 3.8) is 0 Å². The molecular weight excluding hydrogens is 278 g/mol. The van der Waals surface area contributed by atoms with Gasteiger partial charge in [0.25, 0.3) is 0 Å². The molecule has 124 valence electrons. The molecule has 0 bridgehead atoms. The molecular formula is C17H29N3O2. The minimum absolute atomic E-state index is 0.232. The molecule has 0 amide bonds. The van der Waals surface area contributed by atoms with E-state index in [1.807, 2.05) is 19.0 Å². The topological polar surface area (TPSA) is 48.0 Å². The molecule has 1 fully saturated rings. The molecule has 2 rings (SSSR count). The molecule has 0 saturated carbocycles. The summed E-state index contributed by atoms with van der Waals surface area (Å²) in [4.78, 5) is 4.35. The van der Waals surface area contributed by atoms with Crippen molar-refractivity contribution in [1.29, 1.82) is 0 Å². The number of nitrogens with one attached hydrogen (secondary N) is 1. The van der Waals surface area contributed by atoms with Crippen molar-refractivity contribution in [1.82, 2.24) is 10.2 Å². The lowest BCUT2D eigenvalue weighted by Crippen LogP contribution is -2.36. The summed E-state index contributed by atoms with van der Waals surface area (Å²) in [7, 11) is 3.94. The van der Waals surface area contributed by atoms with Crippen molar-refractivity contribution in [3.05, 3.63) is 29.8 Å². The summed E-state index contributed by atoms with van der Waals surface area (Å²) in [5.74, 6) is 0. The number of aliphatic hydroxyl groups is 1. The highest BCUT2D eigenvalue weighted by atomic mass is 16.5. The number of anilines is 1. The number of benzene rings is 1. The Morgan fingerprint density at radius 2 is 1.86 bits per heavy atom. The van der Waals surface area contributed by atoms with Crippen LogP contribution in [0.2, 0.25) is 0 Å². The van der Waals surface area contributed by atoms with Crippen LogP contribution in [0.5, 0.6) is 0 Å². The van der Waals surface area contributed by atoms with Crippen LogP contribution < -0.4 is 10.2 Å². The van der Waals surface area contributed by atoms with E-state index < -0.39 is 0 Å².